The van der Waals surface area contributed by atoms with Crippen molar-refractivity contribution in [2.45, 2.75) is 29.8 Å². The fourth-order valence-corrected chi connectivity index (χ4v) is 4.85. The van der Waals surface area contributed by atoms with E-state index in [1.807, 2.05) is 6.07 Å². The molecule has 5 nitrogen and oxygen atoms in total. The first-order chi connectivity index (χ1) is 15.0. The molecule has 0 radical (unpaired) electrons. The number of halogens is 4. The molecular weight excluding hydrogens is 509 g/mol. The summed E-state index contributed by atoms with van der Waals surface area (Å²) in [4.78, 5) is 16.0. The Hall–Kier alpha value is -2.72. The van der Waals surface area contributed by atoms with E-state index in [0.717, 1.165) is 17.7 Å². The summed E-state index contributed by atoms with van der Waals surface area (Å²) in [7, 11) is -3.89. The van der Waals surface area contributed by atoms with Crippen molar-refractivity contribution in [1.82, 2.24) is 10.3 Å². The molecule has 0 unspecified atom stereocenters. The van der Waals surface area contributed by atoms with Crippen LogP contribution in [0.4, 0.5) is 13.2 Å². The van der Waals surface area contributed by atoms with Crippen LogP contribution in [0.15, 0.2) is 76.4 Å². The maximum Gasteiger partial charge on any atom is 0.416 e. The minimum atomic E-state index is -4.57. The number of benzene rings is 2. The summed E-state index contributed by atoms with van der Waals surface area (Å²) in [5, 5.41) is 2.75. The van der Waals surface area contributed by atoms with Gasteiger partial charge in [-0.25, -0.2) is 8.42 Å². The number of carbonyl (C=O) groups is 1. The van der Waals surface area contributed by atoms with Gasteiger partial charge in [0.05, 0.1) is 22.6 Å². The SMILES string of the molecule is O=C(Cc1ccc(S(=O)(=O)Cc2cc(C(F)(F)F)ccc2Br)cc1)NCc1cccnc1. The van der Waals surface area contributed by atoms with E-state index in [-0.39, 0.29) is 27.3 Å². The van der Waals surface area contributed by atoms with Crippen molar-refractivity contribution in [2.75, 3.05) is 0 Å². The van der Waals surface area contributed by atoms with Crippen LogP contribution in [0.2, 0.25) is 0 Å². The number of amides is 1. The molecule has 0 fully saturated rings. The van der Waals surface area contributed by atoms with Crippen molar-refractivity contribution in [3.05, 3.63) is 93.7 Å². The average molecular weight is 527 g/mol. The van der Waals surface area contributed by atoms with Crippen LogP contribution >= 0.6 is 15.9 Å². The Labute approximate surface area is 191 Å². The van der Waals surface area contributed by atoms with E-state index >= 15 is 0 Å². The van der Waals surface area contributed by atoms with Crippen LogP contribution in [0.25, 0.3) is 0 Å². The van der Waals surface area contributed by atoms with Gasteiger partial charge in [0.1, 0.15) is 0 Å². The van der Waals surface area contributed by atoms with E-state index < -0.39 is 27.3 Å². The van der Waals surface area contributed by atoms with Crippen molar-refractivity contribution >= 4 is 31.7 Å². The van der Waals surface area contributed by atoms with E-state index in [9.17, 15) is 26.4 Å². The first-order valence-corrected chi connectivity index (χ1v) is 11.8. The molecule has 0 aliphatic rings. The number of carbonyl (C=O) groups excluding carboxylic acids is 1. The van der Waals surface area contributed by atoms with Crippen LogP contribution in [0.3, 0.4) is 0 Å². The molecule has 0 spiro atoms. The molecule has 0 aliphatic heterocycles. The number of nitrogens with one attached hydrogen (secondary N) is 1. The predicted molar refractivity (Wildman–Crippen MR) is 116 cm³/mol. The second-order valence-electron chi connectivity index (χ2n) is 7.02. The van der Waals surface area contributed by atoms with Crippen LogP contribution < -0.4 is 5.32 Å². The highest BCUT2D eigenvalue weighted by Crippen LogP contribution is 2.33. The van der Waals surface area contributed by atoms with Crippen molar-refractivity contribution < 1.29 is 26.4 Å². The minimum Gasteiger partial charge on any atom is -0.352 e. The maximum atomic E-state index is 13.0. The van der Waals surface area contributed by atoms with Gasteiger partial charge in [0.25, 0.3) is 0 Å². The van der Waals surface area contributed by atoms with Crippen molar-refractivity contribution in [1.29, 1.82) is 0 Å². The lowest BCUT2D eigenvalue weighted by Crippen LogP contribution is -2.24. The van der Waals surface area contributed by atoms with Crippen LogP contribution in [0.1, 0.15) is 22.3 Å². The molecule has 3 rings (SSSR count). The molecule has 1 amide bonds. The molecule has 0 saturated heterocycles. The third-order valence-corrected chi connectivity index (χ3v) is 7.03. The van der Waals surface area contributed by atoms with Gasteiger partial charge >= 0.3 is 6.18 Å². The van der Waals surface area contributed by atoms with Gasteiger partial charge in [-0.15, -0.1) is 0 Å². The predicted octanol–water partition coefficient (Wildman–Crippen LogP) is 4.70. The second kappa shape index (κ2) is 9.83. The van der Waals surface area contributed by atoms with E-state index in [0.29, 0.717) is 12.1 Å². The van der Waals surface area contributed by atoms with E-state index in [4.69, 9.17) is 0 Å². The Morgan fingerprint density at radius 1 is 1.03 bits per heavy atom. The highest BCUT2D eigenvalue weighted by atomic mass is 79.9. The first-order valence-electron chi connectivity index (χ1n) is 9.37. The number of nitrogens with zero attached hydrogens (tertiary/aromatic N) is 1. The number of alkyl halides is 3. The lowest BCUT2D eigenvalue weighted by Gasteiger charge is -2.12. The summed E-state index contributed by atoms with van der Waals surface area (Å²) in [6, 6.07) is 12.2. The normalized spacial score (nSPS) is 11.9. The Morgan fingerprint density at radius 2 is 1.75 bits per heavy atom. The zero-order chi connectivity index (χ0) is 23.4. The topological polar surface area (TPSA) is 76.1 Å². The molecular formula is C22H18BrF3N2O3S. The molecule has 10 heteroatoms. The van der Waals surface area contributed by atoms with Gasteiger partial charge in [-0.05, 0) is 53.1 Å². The fourth-order valence-electron chi connectivity index (χ4n) is 2.92. The molecule has 3 aromatic rings. The minimum absolute atomic E-state index is 0.0127. The zero-order valence-electron chi connectivity index (χ0n) is 16.6. The molecule has 0 saturated carbocycles. The molecule has 0 bridgehead atoms. The smallest absolute Gasteiger partial charge is 0.352 e. The number of sulfone groups is 1. The molecule has 0 atom stereocenters. The van der Waals surface area contributed by atoms with Gasteiger partial charge < -0.3 is 5.32 Å². The standard InChI is InChI=1S/C22H18BrF3N2O3S/c23-20-8-5-18(22(24,25)26)11-17(20)14-32(30,31)19-6-3-15(4-7-19)10-21(29)28-13-16-2-1-9-27-12-16/h1-9,11-12H,10,13-14H2,(H,28,29). The Kier molecular flexibility index (Phi) is 7.35. The highest BCUT2D eigenvalue weighted by Gasteiger charge is 2.31. The Balaban J connectivity index is 1.66. The van der Waals surface area contributed by atoms with Gasteiger partial charge in [-0.3, -0.25) is 9.78 Å². The van der Waals surface area contributed by atoms with Crippen LogP contribution in [-0.4, -0.2) is 19.3 Å². The molecule has 1 N–H and O–H groups in total. The Bertz CT molecular complexity index is 1200. The second-order valence-corrected chi connectivity index (χ2v) is 9.87. The number of hydrogen-bond acceptors (Lipinski definition) is 4. The average Bonchev–Trinajstić information content (AvgIpc) is 2.74. The summed E-state index contributed by atoms with van der Waals surface area (Å²) in [5.41, 5.74) is 0.549. The molecule has 1 heterocycles. The molecule has 0 aliphatic carbocycles. The summed E-state index contributed by atoms with van der Waals surface area (Å²) in [5.74, 6) is -0.833. The fraction of sp³-hybridized carbons (Fsp3) is 0.182. The summed E-state index contributed by atoms with van der Waals surface area (Å²) in [6.45, 7) is 0.324. The summed E-state index contributed by atoms with van der Waals surface area (Å²) in [6.07, 6.45) is -1.24. The monoisotopic (exact) mass is 526 g/mol. The number of hydrogen-bond donors (Lipinski definition) is 1. The van der Waals surface area contributed by atoms with Crippen molar-refractivity contribution in [3.8, 4) is 0 Å². The lowest BCUT2D eigenvalue weighted by molar-refractivity contribution is -0.137. The van der Waals surface area contributed by atoms with E-state index in [1.54, 1.807) is 18.5 Å². The summed E-state index contributed by atoms with van der Waals surface area (Å²) < 4.78 is 64.6. The van der Waals surface area contributed by atoms with Gasteiger partial charge in [0.15, 0.2) is 9.84 Å². The van der Waals surface area contributed by atoms with Crippen molar-refractivity contribution in [2.24, 2.45) is 0 Å². The number of rotatable bonds is 7. The molecule has 168 valence electrons. The van der Waals surface area contributed by atoms with Crippen molar-refractivity contribution in [3.63, 3.8) is 0 Å². The maximum absolute atomic E-state index is 13.0. The zero-order valence-corrected chi connectivity index (χ0v) is 19.0. The third-order valence-electron chi connectivity index (χ3n) is 4.58. The van der Waals surface area contributed by atoms with E-state index in [1.165, 1.54) is 30.3 Å². The van der Waals surface area contributed by atoms with Crippen LogP contribution in [0, 0.1) is 0 Å². The largest absolute Gasteiger partial charge is 0.416 e. The third kappa shape index (κ3) is 6.39. The lowest BCUT2D eigenvalue weighted by atomic mass is 10.1. The summed E-state index contributed by atoms with van der Waals surface area (Å²) >= 11 is 3.11. The van der Waals surface area contributed by atoms with Gasteiger partial charge in [0.2, 0.25) is 5.91 Å². The van der Waals surface area contributed by atoms with E-state index in [2.05, 4.69) is 26.2 Å². The Morgan fingerprint density at radius 3 is 2.38 bits per heavy atom. The van der Waals surface area contributed by atoms with Gasteiger partial charge in [-0.2, -0.15) is 13.2 Å². The molecule has 32 heavy (non-hydrogen) atoms. The van der Waals surface area contributed by atoms with Crippen LogP contribution in [0.5, 0.6) is 0 Å². The number of aromatic nitrogens is 1. The quantitative estimate of drug-likeness (QED) is 0.484. The van der Waals surface area contributed by atoms with Crippen LogP contribution in [-0.2, 0) is 39.5 Å². The highest BCUT2D eigenvalue weighted by molar-refractivity contribution is 9.10. The molecule has 1 aromatic heterocycles. The van der Waals surface area contributed by atoms with Gasteiger partial charge in [-0.1, -0.05) is 34.1 Å². The van der Waals surface area contributed by atoms with Gasteiger partial charge in [0, 0.05) is 23.4 Å². The first kappa shape index (κ1) is 23.9. The molecule has 2 aromatic carbocycles. The number of pyridine rings is 1.